The third-order valence-corrected chi connectivity index (χ3v) is 9.30. The lowest BCUT2D eigenvalue weighted by Crippen LogP contribution is -2.04. The van der Waals surface area contributed by atoms with Crippen LogP contribution < -0.4 is 14.2 Å². The molecule has 0 saturated heterocycles. The molecule has 48 heavy (non-hydrogen) atoms. The first-order chi connectivity index (χ1) is 23.6. The highest BCUT2D eigenvalue weighted by Crippen LogP contribution is 2.43. The van der Waals surface area contributed by atoms with Gasteiger partial charge in [0.1, 0.15) is 17.2 Å². The Morgan fingerprint density at radius 1 is 0.375 bits per heavy atom. The van der Waals surface area contributed by atoms with Gasteiger partial charge in [-0.2, -0.15) is 0 Å². The van der Waals surface area contributed by atoms with Gasteiger partial charge in [-0.3, -0.25) is 0 Å². The fourth-order valence-corrected chi connectivity index (χ4v) is 6.61. The Kier molecular flexibility index (Phi) is 16.1. The summed E-state index contributed by atoms with van der Waals surface area (Å²) < 4.78 is 19.4. The van der Waals surface area contributed by atoms with Crippen molar-refractivity contribution in [1.29, 1.82) is 0 Å². The predicted molar refractivity (Wildman–Crippen MR) is 200 cm³/mol. The molecule has 3 N–H and O–H groups in total. The van der Waals surface area contributed by atoms with E-state index in [9.17, 15) is 15.3 Å². The van der Waals surface area contributed by atoms with Gasteiger partial charge in [-0.15, -0.1) is 0 Å². The summed E-state index contributed by atoms with van der Waals surface area (Å²) in [5.41, 5.74) is 3.34. The van der Waals surface area contributed by atoms with Gasteiger partial charge in [0.25, 0.3) is 0 Å². The van der Waals surface area contributed by atoms with Crippen LogP contribution in [0, 0.1) is 0 Å². The van der Waals surface area contributed by atoms with Gasteiger partial charge >= 0.3 is 0 Å². The van der Waals surface area contributed by atoms with Crippen molar-refractivity contribution in [2.45, 2.75) is 117 Å². The van der Waals surface area contributed by atoms with E-state index in [1.54, 1.807) is 0 Å². The number of hydrogen-bond acceptors (Lipinski definition) is 6. The first-order valence-electron chi connectivity index (χ1n) is 18.8. The summed E-state index contributed by atoms with van der Waals surface area (Å²) in [6.07, 6.45) is 14.0. The summed E-state index contributed by atoms with van der Waals surface area (Å²) in [6, 6.07) is 13.5. The zero-order valence-corrected chi connectivity index (χ0v) is 29.9. The molecule has 0 fully saturated rings. The van der Waals surface area contributed by atoms with E-state index >= 15 is 0 Å². The van der Waals surface area contributed by atoms with E-state index in [0.717, 1.165) is 143 Å². The Morgan fingerprint density at radius 3 is 0.896 bits per heavy atom. The van der Waals surface area contributed by atoms with E-state index in [1.807, 2.05) is 0 Å². The van der Waals surface area contributed by atoms with Crippen molar-refractivity contribution in [2.24, 2.45) is 0 Å². The Morgan fingerprint density at radius 2 is 0.646 bits per heavy atom. The SMILES string of the molecule is CCCCCOc1cc2c(cc1CCCO)c1cc(CCCO)c(OCCCCC)cc1c1cc(OCCCCC)c(CCCO)cc21. The number of ether oxygens (including phenoxy) is 3. The first kappa shape index (κ1) is 37.8. The molecule has 0 heterocycles. The Bertz CT molecular complexity index is 1560. The van der Waals surface area contributed by atoms with Crippen molar-refractivity contribution >= 4 is 32.3 Å². The molecular weight excluding hydrogens is 600 g/mol. The third-order valence-electron chi connectivity index (χ3n) is 9.30. The minimum atomic E-state index is 0.130. The minimum absolute atomic E-state index is 0.130. The summed E-state index contributed by atoms with van der Waals surface area (Å²) in [7, 11) is 0. The number of fused-ring (bicyclic) bond motifs is 6. The molecule has 0 amide bonds. The molecular formula is C42H60O6. The van der Waals surface area contributed by atoms with Gasteiger partial charge in [0.15, 0.2) is 0 Å². The van der Waals surface area contributed by atoms with E-state index in [2.05, 4.69) is 57.2 Å². The van der Waals surface area contributed by atoms with Gasteiger partial charge in [0, 0.05) is 19.8 Å². The second-order valence-corrected chi connectivity index (χ2v) is 13.2. The number of rotatable bonds is 24. The molecule has 0 radical (unpaired) electrons. The molecule has 0 saturated carbocycles. The molecule has 6 heteroatoms. The number of aryl methyl sites for hydroxylation is 3. The second-order valence-electron chi connectivity index (χ2n) is 13.2. The molecule has 0 aliphatic carbocycles. The van der Waals surface area contributed by atoms with Gasteiger partial charge in [-0.05, 0) is 143 Å². The first-order valence-corrected chi connectivity index (χ1v) is 18.8. The average molecular weight is 661 g/mol. The van der Waals surface area contributed by atoms with Gasteiger partial charge in [0.2, 0.25) is 0 Å². The molecule has 264 valence electrons. The van der Waals surface area contributed by atoms with Crippen molar-refractivity contribution in [3.8, 4) is 17.2 Å². The van der Waals surface area contributed by atoms with Crippen LogP contribution in [0.3, 0.4) is 0 Å². The van der Waals surface area contributed by atoms with Crippen LogP contribution in [-0.2, 0) is 19.3 Å². The highest BCUT2D eigenvalue weighted by Gasteiger charge is 2.19. The van der Waals surface area contributed by atoms with Crippen LogP contribution in [0.5, 0.6) is 17.2 Å². The topological polar surface area (TPSA) is 88.4 Å². The lowest BCUT2D eigenvalue weighted by molar-refractivity contribution is 0.283. The van der Waals surface area contributed by atoms with Crippen LogP contribution in [0.25, 0.3) is 32.3 Å². The Hall–Kier alpha value is -3.06. The molecule has 0 atom stereocenters. The maximum atomic E-state index is 9.77. The minimum Gasteiger partial charge on any atom is -0.493 e. The molecule has 0 aliphatic heterocycles. The normalized spacial score (nSPS) is 11.6. The van der Waals surface area contributed by atoms with E-state index in [-0.39, 0.29) is 19.8 Å². The van der Waals surface area contributed by atoms with Crippen LogP contribution in [0.4, 0.5) is 0 Å². The van der Waals surface area contributed by atoms with Crippen molar-refractivity contribution < 1.29 is 29.5 Å². The summed E-state index contributed by atoms with van der Waals surface area (Å²) in [6.45, 7) is 8.99. The van der Waals surface area contributed by atoms with Crippen LogP contribution in [0.15, 0.2) is 36.4 Å². The molecule has 4 aromatic carbocycles. The fraction of sp³-hybridized carbons (Fsp3) is 0.571. The number of benzene rings is 4. The van der Waals surface area contributed by atoms with Crippen LogP contribution in [0.2, 0.25) is 0 Å². The predicted octanol–water partition coefficient (Wildman–Crippen LogP) is 9.63. The smallest absolute Gasteiger partial charge is 0.123 e. The van der Waals surface area contributed by atoms with Crippen molar-refractivity contribution in [3.63, 3.8) is 0 Å². The highest BCUT2D eigenvalue weighted by molar-refractivity contribution is 6.26. The van der Waals surface area contributed by atoms with E-state index < -0.39 is 0 Å². The summed E-state index contributed by atoms with van der Waals surface area (Å²) in [5, 5.41) is 36.1. The zero-order valence-electron chi connectivity index (χ0n) is 29.9. The molecule has 0 aliphatic rings. The zero-order chi connectivity index (χ0) is 34.1. The number of aliphatic hydroxyl groups is 3. The van der Waals surface area contributed by atoms with Crippen molar-refractivity contribution in [2.75, 3.05) is 39.6 Å². The fourth-order valence-electron chi connectivity index (χ4n) is 6.61. The second kappa shape index (κ2) is 20.5. The third kappa shape index (κ3) is 9.99. The van der Waals surface area contributed by atoms with Crippen LogP contribution in [-0.4, -0.2) is 55.0 Å². The summed E-state index contributed by atoms with van der Waals surface area (Å²) in [4.78, 5) is 0. The largest absolute Gasteiger partial charge is 0.493 e. The maximum absolute atomic E-state index is 9.77. The molecule has 0 bridgehead atoms. The van der Waals surface area contributed by atoms with Crippen LogP contribution >= 0.6 is 0 Å². The maximum Gasteiger partial charge on any atom is 0.123 e. The number of hydrogen-bond donors (Lipinski definition) is 3. The molecule has 6 nitrogen and oxygen atoms in total. The lowest BCUT2D eigenvalue weighted by atomic mass is 9.89. The average Bonchev–Trinajstić information content (AvgIpc) is 3.11. The molecule has 4 rings (SSSR count). The monoisotopic (exact) mass is 660 g/mol. The number of aliphatic hydroxyl groups excluding tert-OH is 3. The van der Waals surface area contributed by atoms with Gasteiger partial charge in [-0.1, -0.05) is 59.3 Å². The van der Waals surface area contributed by atoms with Crippen molar-refractivity contribution in [3.05, 3.63) is 53.1 Å². The molecule has 0 unspecified atom stereocenters. The van der Waals surface area contributed by atoms with Crippen LogP contribution in [0.1, 0.15) is 115 Å². The number of unbranched alkanes of at least 4 members (excludes halogenated alkanes) is 6. The highest BCUT2D eigenvalue weighted by atomic mass is 16.5. The lowest BCUT2D eigenvalue weighted by Gasteiger charge is -2.20. The Labute approximate surface area is 288 Å². The van der Waals surface area contributed by atoms with Gasteiger partial charge < -0.3 is 29.5 Å². The standard InChI is InChI=1S/C42H60O6/c1-4-7-10-22-46-40-28-37-34(25-31(40)16-13-19-43)35-26-32(17-14-20-44)41(47-23-11-8-5-2)29-38(35)39-30-42(48-24-12-9-6-3)33(18-15-21-45)27-36(37)39/h25-30,43-45H,4-24H2,1-3H3. The van der Waals surface area contributed by atoms with E-state index in [4.69, 9.17) is 14.2 Å². The molecule has 0 spiro atoms. The Balaban J connectivity index is 2.02. The van der Waals surface area contributed by atoms with Crippen molar-refractivity contribution in [1.82, 2.24) is 0 Å². The van der Waals surface area contributed by atoms with E-state index in [1.165, 1.54) is 0 Å². The van der Waals surface area contributed by atoms with Gasteiger partial charge in [-0.25, -0.2) is 0 Å². The quantitative estimate of drug-likeness (QED) is 0.0512. The molecule has 0 aromatic heterocycles. The van der Waals surface area contributed by atoms with Gasteiger partial charge in [0.05, 0.1) is 19.8 Å². The van der Waals surface area contributed by atoms with E-state index in [0.29, 0.717) is 39.1 Å². The summed E-state index contributed by atoms with van der Waals surface area (Å²) in [5.74, 6) is 2.66. The molecule has 4 aromatic rings. The summed E-state index contributed by atoms with van der Waals surface area (Å²) >= 11 is 0.